The van der Waals surface area contributed by atoms with Gasteiger partial charge >= 0.3 is 5.97 Å². The fourth-order valence-electron chi connectivity index (χ4n) is 2.74. The molecule has 0 fully saturated rings. The SMILES string of the molecule is COC(=O)c1cc2cccc(-c3ccc(C(C)(C)C)cc3)n2c1. The lowest BCUT2D eigenvalue weighted by Crippen LogP contribution is -2.10. The second-order valence-electron chi connectivity index (χ2n) is 6.75. The largest absolute Gasteiger partial charge is 0.465 e. The van der Waals surface area contributed by atoms with Crippen LogP contribution in [0.4, 0.5) is 0 Å². The number of benzene rings is 1. The van der Waals surface area contributed by atoms with Gasteiger partial charge in [-0.05, 0) is 34.7 Å². The Morgan fingerprint density at radius 2 is 1.74 bits per heavy atom. The van der Waals surface area contributed by atoms with Crippen LogP contribution in [0.15, 0.2) is 54.7 Å². The molecule has 0 amide bonds. The second kappa shape index (κ2) is 5.58. The van der Waals surface area contributed by atoms with Gasteiger partial charge in [-0.3, -0.25) is 0 Å². The van der Waals surface area contributed by atoms with Gasteiger partial charge in [0, 0.05) is 11.7 Å². The van der Waals surface area contributed by atoms with Crippen LogP contribution >= 0.6 is 0 Å². The maximum atomic E-state index is 11.8. The van der Waals surface area contributed by atoms with Crippen LogP contribution in [0.1, 0.15) is 36.7 Å². The highest BCUT2D eigenvalue weighted by Crippen LogP contribution is 2.27. The van der Waals surface area contributed by atoms with E-state index in [0.717, 1.165) is 16.8 Å². The number of aromatic nitrogens is 1. The number of carbonyl (C=O) groups excluding carboxylic acids is 1. The van der Waals surface area contributed by atoms with Crippen molar-refractivity contribution in [1.29, 1.82) is 0 Å². The van der Waals surface area contributed by atoms with E-state index >= 15 is 0 Å². The molecule has 2 heterocycles. The fourth-order valence-corrected chi connectivity index (χ4v) is 2.74. The molecule has 23 heavy (non-hydrogen) atoms. The smallest absolute Gasteiger partial charge is 0.339 e. The monoisotopic (exact) mass is 307 g/mol. The summed E-state index contributed by atoms with van der Waals surface area (Å²) in [7, 11) is 1.40. The van der Waals surface area contributed by atoms with Crippen molar-refractivity contribution in [3.8, 4) is 11.3 Å². The van der Waals surface area contributed by atoms with Crippen molar-refractivity contribution in [1.82, 2.24) is 4.40 Å². The Morgan fingerprint density at radius 1 is 1.04 bits per heavy atom. The molecule has 3 heteroatoms. The summed E-state index contributed by atoms with van der Waals surface area (Å²) in [5.74, 6) is -0.317. The summed E-state index contributed by atoms with van der Waals surface area (Å²) in [5, 5.41) is 0. The van der Waals surface area contributed by atoms with E-state index in [-0.39, 0.29) is 11.4 Å². The molecular formula is C20H21NO2. The van der Waals surface area contributed by atoms with Crippen LogP contribution in [-0.4, -0.2) is 17.5 Å². The predicted octanol–water partition coefficient (Wildman–Crippen LogP) is 4.69. The molecule has 2 aromatic heterocycles. The Balaban J connectivity index is 2.09. The summed E-state index contributed by atoms with van der Waals surface area (Å²) >= 11 is 0. The van der Waals surface area contributed by atoms with Crippen LogP contribution in [0.2, 0.25) is 0 Å². The van der Waals surface area contributed by atoms with E-state index in [2.05, 4.69) is 51.1 Å². The number of hydrogen-bond acceptors (Lipinski definition) is 2. The summed E-state index contributed by atoms with van der Waals surface area (Å²) in [6.07, 6.45) is 1.83. The molecule has 0 spiro atoms. The van der Waals surface area contributed by atoms with E-state index in [0.29, 0.717) is 5.56 Å². The van der Waals surface area contributed by atoms with Gasteiger partial charge in [-0.15, -0.1) is 0 Å². The normalized spacial score (nSPS) is 11.7. The highest BCUT2D eigenvalue weighted by atomic mass is 16.5. The molecule has 0 unspecified atom stereocenters. The van der Waals surface area contributed by atoms with Crippen molar-refractivity contribution in [3.63, 3.8) is 0 Å². The summed E-state index contributed by atoms with van der Waals surface area (Å²) < 4.78 is 6.84. The molecule has 0 bridgehead atoms. The third-order valence-corrected chi connectivity index (χ3v) is 4.10. The number of carbonyl (C=O) groups is 1. The highest BCUT2D eigenvalue weighted by molar-refractivity contribution is 5.91. The highest BCUT2D eigenvalue weighted by Gasteiger charge is 2.14. The zero-order valence-electron chi connectivity index (χ0n) is 14.0. The van der Waals surface area contributed by atoms with E-state index in [1.54, 1.807) is 0 Å². The van der Waals surface area contributed by atoms with E-state index < -0.39 is 0 Å². The maximum absolute atomic E-state index is 11.8. The van der Waals surface area contributed by atoms with Crippen molar-refractivity contribution in [2.75, 3.05) is 7.11 Å². The number of nitrogens with zero attached hydrogens (tertiary/aromatic N) is 1. The average molecular weight is 307 g/mol. The minimum Gasteiger partial charge on any atom is -0.465 e. The van der Waals surface area contributed by atoms with Crippen LogP contribution in [0.25, 0.3) is 16.8 Å². The number of hydrogen-bond donors (Lipinski definition) is 0. The summed E-state index contributed by atoms with van der Waals surface area (Å²) in [6, 6.07) is 16.5. The third kappa shape index (κ3) is 2.87. The molecule has 0 saturated carbocycles. The van der Waals surface area contributed by atoms with Crippen LogP contribution in [0.3, 0.4) is 0 Å². The van der Waals surface area contributed by atoms with Gasteiger partial charge in [0.25, 0.3) is 0 Å². The van der Waals surface area contributed by atoms with Crippen LogP contribution in [-0.2, 0) is 10.2 Å². The van der Waals surface area contributed by atoms with E-state index in [9.17, 15) is 4.79 Å². The number of fused-ring (bicyclic) bond motifs is 1. The molecule has 0 radical (unpaired) electrons. The van der Waals surface area contributed by atoms with Gasteiger partial charge in [-0.1, -0.05) is 51.1 Å². The number of ether oxygens (including phenoxy) is 1. The average Bonchev–Trinajstić information content (AvgIpc) is 2.97. The predicted molar refractivity (Wildman–Crippen MR) is 92.9 cm³/mol. The van der Waals surface area contributed by atoms with E-state index in [4.69, 9.17) is 4.74 Å². The summed E-state index contributed by atoms with van der Waals surface area (Å²) in [4.78, 5) is 11.8. The van der Waals surface area contributed by atoms with Gasteiger partial charge in [0.1, 0.15) is 0 Å². The van der Waals surface area contributed by atoms with Gasteiger partial charge in [0.05, 0.1) is 18.4 Å². The molecule has 3 rings (SSSR count). The van der Waals surface area contributed by atoms with Gasteiger partial charge in [0.15, 0.2) is 0 Å². The molecular weight excluding hydrogens is 286 g/mol. The molecule has 0 aliphatic rings. The Labute approximate surface area is 136 Å². The minimum atomic E-state index is -0.317. The van der Waals surface area contributed by atoms with Gasteiger partial charge in [-0.2, -0.15) is 0 Å². The zero-order chi connectivity index (χ0) is 16.6. The fraction of sp³-hybridized carbons (Fsp3) is 0.250. The van der Waals surface area contributed by atoms with Crippen LogP contribution in [0, 0.1) is 0 Å². The molecule has 1 aromatic carbocycles. The lowest BCUT2D eigenvalue weighted by atomic mass is 9.86. The third-order valence-electron chi connectivity index (χ3n) is 4.10. The van der Waals surface area contributed by atoms with E-state index in [1.807, 2.05) is 28.8 Å². The van der Waals surface area contributed by atoms with Crippen molar-refractivity contribution in [3.05, 3.63) is 65.9 Å². The standard InChI is InChI=1S/C20H21NO2/c1-20(2,3)16-10-8-14(9-11-16)18-7-5-6-17-12-15(13-21(17)18)19(22)23-4/h5-13H,1-4H3. The number of methoxy groups -OCH3 is 1. The van der Waals surface area contributed by atoms with Crippen molar-refractivity contribution < 1.29 is 9.53 Å². The van der Waals surface area contributed by atoms with Gasteiger partial charge in [0.2, 0.25) is 0 Å². The molecule has 3 aromatic rings. The van der Waals surface area contributed by atoms with E-state index in [1.165, 1.54) is 12.7 Å². The zero-order valence-corrected chi connectivity index (χ0v) is 14.0. The van der Waals surface area contributed by atoms with Crippen molar-refractivity contribution in [2.24, 2.45) is 0 Å². The first kappa shape index (κ1) is 15.3. The topological polar surface area (TPSA) is 30.7 Å². The summed E-state index contributed by atoms with van der Waals surface area (Å²) in [5.41, 5.74) is 5.15. The number of pyridine rings is 1. The Morgan fingerprint density at radius 3 is 2.35 bits per heavy atom. The molecule has 0 aliphatic heterocycles. The Hall–Kier alpha value is -2.55. The lowest BCUT2D eigenvalue weighted by molar-refractivity contribution is 0.0601. The van der Waals surface area contributed by atoms with Crippen LogP contribution in [0.5, 0.6) is 0 Å². The number of esters is 1. The van der Waals surface area contributed by atoms with Gasteiger partial charge < -0.3 is 9.14 Å². The maximum Gasteiger partial charge on any atom is 0.339 e. The molecule has 0 atom stereocenters. The minimum absolute atomic E-state index is 0.135. The van der Waals surface area contributed by atoms with Gasteiger partial charge in [-0.25, -0.2) is 4.79 Å². The Kier molecular flexibility index (Phi) is 3.72. The van der Waals surface area contributed by atoms with Crippen molar-refractivity contribution in [2.45, 2.75) is 26.2 Å². The summed E-state index contributed by atoms with van der Waals surface area (Å²) in [6.45, 7) is 6.62. The lowest BCUT2D eigenvalue weighted by Gasteiger charge is -2.19. The second-order valence-corrected chi connectivity index (χ2v) is 6.75. The van der Waals surface area contributed by atoms with Crippen molar-refractivity contribution >= 4 is 11.5 Å². The van der Waals surface area contributed by atoms with Crippen LogP contribution < -0.4 is 0 Å². The number of rotatable bonds is 2. The molecule has 118 valence electrons. The molecule has 3 nitrogen and oxygen atoms in total. The first-order valence-electron chi connectivity index (χ1n) is 7.70. The quantitative estimate of drug-likeness (QED) is 0.643. The molecule has 0 N–H and O–H groups in total. The first-order chi connectivity index (χ1) is 10.9. The molecule has 0 aliphatic carbocycles. The first-order valence-corrected chi connectivity index (χ1v) is 7.70. The molecule has 0 saturated heterocycles. The Bertz CT molecular complexity index is 851.